The number of hydrogen-bond acceptors (Lipinski definition) is 4. The molecule has 0 amide bonds. The normalized spacial score (nSPS) is 13.5. The molecule has 1 rings (SSSR count). The highest BCUT2D eigenvalue weighted by atomic mass is 32.1. The zero-order valence-electron chi connectivity index (χ0n) is 7.90. The minimum atomic E-state index is -0.211. The molecule has 0 fully saturated rings. The van der Waals surface area contributed by atoms with Crippen LogP contribution < -0.4 is 5.73 Å². The lowest BCUT2D eigenvalue weighted by Gasteiger charge is -2.17. The topological polar surface area (TPSA) is 44.5 Å². The molecular weight excluding hydrogens is 186 g/mol. The summed E-state index contributed by atoms with van der Waals surface area (Å²) in [4.78, 5) is 1.17. The number of methoxy groups -OCH3 is 2. The van der Waals surface area contributed by atoms with Gasteiger partial charge in [-0.25, -0.2) is 0 Å². The fourth-order valence-electron chi connectivity index (χ4n) is 1.11. The maximum atomic E-state index is 5.94. The minimum Gasteiger partial charge on any atom is -0.356 e. The van der Waals surface area contributed by atoms with Crippen LogP contribution in [-0.2, 0) is 9.47 Å². The third-order valence-electron chi connectivity index (χ3n) is 1.88. The van der Waals surface area contributed by atoms with E-state index in [-0.39, 0.29) is 12.3 Å². The van der Waals surface area contributed by atoms with Crippen LogP contribution in [0.15, 0.2) is 17.5 Å². The average molecular weight is 201 g/mol. The minimum absolute atomic E-state index is 0.00454. The molecule has 0 radical (unpaired) electrons. The lowest BCUT2D eigenvalue weighted by Crippen LogP contribution is -2.21. The van der Waals surface area contributed by atoms with Gasteiger partial charge in [-0.1, -0.05) is 6.07 Å². The van der Waals surface area contributed by atoms with Crippen LogP contribution in [0.1, 0.15) is 17.3 Å². The van der Waals surface area contributed by atoms with Crippen LogP contribution in [0.3, 0.4) is 0 Å². The molecule has 3 nitrogen and oxygen atoms in total. The van der Waals surface area contributed by atoms with E-state index in [0.29, 0.717) is 6.42 Å². The largest absolute Gasteiger partial charge is 0.356 e. The molecule has 1 aromatic heterocycles. The second-order valence-corrected chi connectivity index (χ2v) is 3.74. The van der Waals surface area contributed by atoms with Gasteiger partial charge in [-0.3, -0.25) is 0 Å². The second-order valence-electron chi connectivity index (χ2n) is 2.76. The van der Waals surface area contributed by atoms with Gasteiger partial charge in [0.15, 0.2) is 6.29 Å². The van der Waals surface area contributed by atoms with E-state index >= 15 is 0 Å². The van der Waals surface area contributed by atoms with E-state index in [4.69, 9.17) is 15.2 Å². The van der Waals surface area contributed by atoms with Crippen LogP contribution in [0.4, 0.5) is 0 Å². The van der Waals surface area contributed by atoms with Crippen LogP contribution >= 0.6 is 11.3 Å². The van der Waals surface area contributed by atoms with Gasteiger partial charge in [-0.2, -0.15) is 0 Å². The Morgan fingerprint density at radius 2 is 2.15 bits per heavy atom. The van der Waals surface area contributed by atoms with Gasteiger partial charge in [-0.05, 0) is 11.4 Å². The smallest absolute Gasteiger partial charge is 0.158 e. The van der Waals surface area contributed by atoms with Crippen molar-refractivity contribution in [1.82, 2.24) is 0 Å². The van der Waals surface area contributed by atoms with Gasteiger partial charge in [0.1, 0.15) is 0 Å². The first-order chi connectivity index (χ1) is 6.27. The molecule has 2 N–H and O–H groups in total. The SMILES string of the molecule is COC(CC(N)c1cccs1)OC. The highest BCUT2D eigenvalue weighted by molar-refractivity contribution is 7.10. The molecule has 0 aliphatic heterocycles. The Hall–Kier alpha value is -0.420. The summed E-state index contributed by atoms with van der Waals surface area (Å²) in [5, 5.41) is 2.02. The van der Waals surface area contributed by atoms with Crippen molar-refractivity contribution in [2.45, 2.75) is 18.8 Å². The van der Waals surface area contributed by atoms with Crippen molar-refractivity contribution in [2.24, 2.45) is 5.73 Å². The number of nitrogens with two attached hydrogens (primary N) is 1. The van der Waals surface area contributed by atoms with Crippen molar-refractivity contribution in [3.63, 3.8) is 0 Å². The van der Waals surface area contributed by atoms with Crippen LogP contribution in [0.5, 0.6) is 0 Å². The van der Waals surface area contributed by atoms with Crippen molar-refractivity contribution >= 4 is 11.3 Å². The lowest BCUT2D eigenvalue weighted by molar-refractivity contribution is -0.109. The van der Waals surface area contributed by atoms with E-state index in [2.05, 4.69) is 0 Å². The summed E-state index contributed by atoms with van der Waals surface area (Å²) < 4.78 is 10.1. The summed E-state index contributed by atoms with van der Waals surface area (Å²) in [5.74, 6) is 0. The van der Waals surface area contributed by atoms with Crippen LogP contribution in [0.2, 0.25) is 0 Å². The fourth-order valence-corrected chi connectivity index (χ4v) is 1.86. The van der Waals surface area contributed by atoms with Crippen molar-refractivity contribution < 1.29 is 9.47 Å². The predicted molar refractivity (Wildman–Crippen MR) is 53.7 cm³/mol. The zero-order chi connectivity index (χ0) is 9.68. The van der Waals surface area contributed by atoms with E-state index in [0.717, 1.165) is 0 Å². The molecule has 1 aromatic rings. The molecule has 0 aliphatic rings. The van der Waals surface area contributed by atoms with Crippen molar-refractivity contribution in [2.75, 3.05) is 14.2 Å². The van der Waals surface area contributed by atoms with E-state index in [1.807, 2.05) is 17.5 Å². The number of thiophene rings is 1. The summed E-state index contributed by atoms with van der Waals surface area (Å²) in [7, 11) is 3.24. The molecule has 13 heavy (non-hydrogen) atoms. The Bertz CT molecular complexity index is 222. The number of rotatable bonds is 5. The Kier molecular flexibility index (Phi) is 4.38. The van der Waals surface area contributed by atoms with Gasteiger partial charge < -0.3 is 15.2 Å². The molecule has 1 atom stereocenters. The fraction of sp³-hybridized carbons (Fsp3) is 0.556. The first kappa shape index (κ1) is 10.7. The molecule has 0 bridgehead atoms. The molecule has 0 saturated carbocycles. The molecule has 0 saturated heterocycles. The number of hydrogen-bond donors (Lipinski definition) is 1. The second kappa shape index (κ2) is 5.34. The summed E-state index contributed by atoms with van der Waals surface area (Å²) in [6.45, 7) is 0. The monoisotopic (exact) mass is 201 g/mol. The molecular formula is C9H15NO2S. The quantitative estimate of drug-likeness (QED) is 0.738. The molecule has 0 aliphatic carbocycles. The van der Waals surface area contributed by atoms with E-state index in [9.17, 15) is 0 Å². The van der Waals surface area contributed by atoms with Crippen molar-refractivity contribution in [3.8, 4) is 0 Å². The predicted octanol–water partition coefficient (Wildman–Crippen LogP) is 1.76. The maximum absolute atomic E-state index is 5.94. The highest BCUT2D eigenvalue weighted by Gasteiger charge is 2.13. The van der Waals surface area contributed by atoms with Gasteiger partial charge in [0, 0.05) is 31.6 Å². The van der Waals surface area contributed by atoms with Crippen molar-refractivity contribution in [3.05, 3.63) is 22.4 Å². The van der Waals surface area contributed by atoms with E-state index < -0.39 is 0 Å². The van der Waals surface area contributed by atoms with Gasteiger partial charge in [-0.15, -0.1) is 11.3 Å². The Labute approximate surface area is 82.5 Å². The average Bonchev–Trinajstić information content (AvgIpc) is 2.66. The first-order valence-electron chi connectivity index (χ1n) is 4.12. The molecule has 4 heteroatoms. The van der Waals surface area contributed by atoms with Crippen LogP contribution in [-0.4, -0.2) is 20.5 Å². The standard InChI is InChI=1S/C9H15NO2S/c1-11-9(12-2)6-7(10)8-4-3-5-13-8/h3-5,7,9H,6,10H2,1-2H3. The molecule has 0 aromatic carbocycles. The summed E-state index contributed by atoms with van der Waals surface area (Å²) >= 11 is 1.66. The van der Waals surface area contributed by atoms with Crippen LogP contribution in [0, 0.1) is 0 Å². The Balaban J connectivity index is 2.45. The molecule has 1 heterocycles. The molecule has 0 spiro atoms. The first-order valence-corrected chi connectivity index (χ1v) is 5.00. The number of ether oxygens (including phenoxy) is 2. The van der Waals surface area contributed by atoms with Gasteiger partial charge in [0.05, 0.1) is 0 Å². The van der Waals surface area contributed by atoms with Crippen LogP contribution in [0.25, 0.3) is 0 Å². The Morgan fingerprint density at radius 3 is 2.62 bits per heavy atom. The molecule has 74 valence electrons. The van der Waals surface area contributed by atoms with E-state index in [1.54, 1.807) is 25.6 Å². The maximum Gasteiger partial charge on any atom is 0.158 e. The van der Waals surface area contributed by atoms with E-state index in [1.165, 1.54) is 4.88 Å². The Morgan fingerprint density at radius 1 is 1.46 bits per heavy atom. The van der Waals surface area contributed by atoms with Gasteiger partial charge in [0.2, 0.25) is 0 Å². The zero-order valence-corrected chi connectivity index (χ0v) is 8.71. The highest BCUT2D eigenvalue weighted by Crippen LogP contribution is 2.21. The lowest BCUT2D eigenvalue weighted by atomic mass is 10.2. The van der Waals surface area contributed by atoms with Gasteiger partial charge in [0.25, 0.3) is 0 Å². The summed E-state index contributed by atoms with van der Waals surface area (Å²) in [6.07, 6.45) is 0.477. The summed E-state index contributed by atoms with van der Waals surface area (Å²) in [5.41, 5.74) is 5.94. The molecule has 1 unspecified atom stereocenters. The third kappa shape index (κ3) is 3.08. The van der Waals surface area contributed by atoms with Gasteiger partial charge >= 0.3 is 0 Å². The summed E-state index contributed by atoms with van der Waals surface area (Å²) in [6, 6.07) is 4.02. The van der Waals surface area contributed by atoms with Crippen molar-refractivity contribution in [1.29, 1.82) is 0 Å². The third-order valence-corrected chi connectivity index (χ3v) is 2.89.